The van der Waals surface area contributed by atoms with Gasteiger partial charge in [0.2, 0.25) is 11.8 Å². The van der Waals surface area contributed by atoms with Gasteiger partial charge in [-0.05, 0) is 60.7 Å². The second-order valence-electron chi connectivity index (χ2n) is 8.46. The first-order valence-electron chi connectivity index (χ1n) is 10.8. The molecule has 2 aliphatic heterocycles. The average Bonchev–Trinajstić information content (AvgIpc) is 3.21. The monoisotopic (exact) mass is 406 g/mol. The maximum Gasteiger partial charge on any atom is 0.225 e. The summed E-state index contributed by atoms with van der Waals surface area (Å²) in [6.07, 6.45) is 2.81. The van der Waals surface area contributed by atoms with E-state index < -0.39 is 0 Å². The van der Waals surface area contributed by atoms with Crippen LogP contribution in [0.4, 0.5) is 17.1 Å². The maximum atomic E-state index is 12.1. The van der Waals surface area contributed by atoms with Crippen molar-refractivity contribution in [3.8, 4) is 0 Å². The van der Waals surface area contributed by atoms with Crippen molar-refractivity contribution in [2.45, 2.75) is 32.7 Å². The first-order chi connectivity index (χ1) is 14.6. The van der Waals surface area contributed by atoms with Gasteiger partial charge in [0, 0.05) is 49.7 Å². The summed E-state index contributed by atoms with van der Waals surface area (Å²) in [4.78, 5) is 25.8. The predicted molar refractivity (Wildman–Crippen MR) is 120 cm³/mol. The topological polar surface area (TPSA) is 73.5 Å². The van der Waals surface area contributed by atoms with E-state index in [2.05, 4.69) is 52.0 Å². The molecule has 0 aromatic heterocycles. The molecule has 2 aliphatic rings. The highest BCUT2D eigenvalue weighted by Crippen LogP contribution is 2.25. The van der Waals surface area contributed by atoms with Crippen LogP contribution in [-0.4, -0.2) is 31.4 Å². The van der Waals surface area contributed by atoms with E-state index in [4.69, 9.17) is 0 Å². The van der Waals surface area contributed by atoms with Gasteiger partial charge in [-0.2, -0.15) is 0 Å². The van der Waals surface area contributed by atoms with Crippen molar-refractivity contribution in [2.75, 3.05) is 29.9 Å². The molecule has 0 saturated carbocycles. The molecular formula is C24H30N4O2. The Morgan fingerprint density at radius 1 is 1.03 bits per heavy atom. The third-order valence-electron chi connectivity index (χ3n) is 6.07. The van der Waals surface area contributed by atoms with E-state index in [0.717, 1.165) is 35.9 Å². The van der Waals surface area contributed by atoms with Crippen LogP contribution in [0.2, 0.25) is 0 Å². The summed E-state index contributed by atoms with van der Waals surface area (Å²) in [5.74, 6) is 0.458. The van der Waals surface area contributed by atoms with Crippen molar-refractivity contribution in [3.05, 3.63) is 54.1 Å². The van der Waals surface area contributed by atoms with Gasteiger partial charge in [-0.15, -0.1) is 0 Å². The quantitative estimate of drug-likeness (QED) is 0.687. The summed E-state index contributed by atoms with van der Waals surface area (Å²) in [6.45, 7) is 5.51. The molecule has 0 aliphatic carbocycles. The van der Waals surface area contributed by atoms with E-state index in [1.54, 1.807) is 0 Å². The number of rotatable bonds is 6. The molecule has 2 saturated heterocycles. The van der Waals surface area contributed by atoms with Crippen LogP contribution in [0.25, 0.3) is 0 Å². The molecule has 158 valence electrons. The zero-order valence-corrected chi connectivity index (χ0v) is 17.5. The third-order valence-corrected chi connectivity index (χ3v) is 6.07. The largest absolute Gasteiger partial charge is 0.372 e. The number of amides is 2. The van der Waals surface area contributed by atoms with E-state index in [9.17, 15) is 9.59 Å². The molecule has 6 nitrogen and oxygen atoms in total. The van der Waals surface area contributed by atoms with Crippen LogP contribution in [0.15, 0.2) is 48.5 Å². The fourth-order valence-corrected chi connectivity index (χ4v) is 4.02. The van der Waals surface area contributed by atoms with E-state index in [0.29, 0.717) is 13.1 Å². The summed E-state index contributed by atoms with van der Waals surface area (Å²) in [5, 5.41) is 9.04. The molecule has 2 heterocycles. The number of nitrogens with zero attached hydrogens (tertiary/aromatic N) is 1. The standard InChI is InChI=1S/C24H30N4O2/c1-17-10-12-28(13-11-17)22-8-6-21(7-9-22)27-20-4-2-18(3-5-20)15-26-24(30)19-14-23(29)25-16-19/h2-9,17,19,27H,10-16H2,1H3,(H,25,29)(H,26,30). The minimum absolute atomic E-state index is 0.0517. The molecule has 1 atom stereocenters. The molecule has 2 aromatic rings. The highest BCUT2D eigenvalue weighted by Gasteiger charge is 2.27. The number of benzene rings is 2. The molecule has 1 unspecified atom stereocenters. The minimum Gasteiger partial charge on any atom is -0.372 e. The van der Waals surface area contributed by atoms with Gasteiger partial charge in [-0.3, -0.25) is 9.59 Å². The number of piperidine rings is 1. The highest BCUT2D eigenvalue weighted by atomic mass is 16.2. The Hall–Kier alpha value is -3.02. The zero-order chi connectivity index (χ0) is 20.9. The van der Waals surface area contributed by atoms with Gasteiger partial charge in [-0.25, -0.2) is 0 Å². The number of carbonyl (C=O) groups is 2. The highest BCUT2D eigenvalue weighted by molar-refractivity contribution is 5.89. The predicted octanol–water partition coefficient (Wildman–Crippen LogP) is 3.42. The Kier molecular flexibility index (Phi) is 6.21. The van der Waals surface area contributed by atoms with Gasteiger partial charge in [0.15, 0.2) is 0 Å². The Balaban J connectivity index is 1.27. The Morgan fingerprint density at radius 3 is 2.27 bits per heavy atom. The minimum atomic E-state index is -0.255. The first-order valence-corrected chi connectivity index (χ1v) is 10.8. The van der Waals surface area contributed by atoms with Gasteiger partial charge in [0.25, 0.3) is 0 Å². The first kappa shape index (κ1) is 20.3. The van der Waals surface area contributed by atoms with Gasteiger partial charge in [0.1, 0.15) is 0 Å². The van der Waals surface area contributed by atoms with Gasteiger partial charge in [-0.1, -0.05) is 19.1 Å². The lowest BCUT2D eigenvalue weighted by atomic mass is 9.99. The van der Waals surface area contributed by atoms with Gasteiger partial charge >= 0.3 is 0 Å². The number of hydrogen-bond acceptors (Lipinski definition) is 4. The number of nitrogens with one attached hydrogen (secondary N) is 3. The molecule has 0 radical (unpaired) electrons. The van der Waals surface area contributed by atoms with Crippen LogP contribution in [0, 0.1) is 11.8 Å². The van der Waals surface area contributed by atoms with E-state index in [1.807, 2.05) is 24.3 Å². The van der Waals surface area contributed by atoms with Crippen molar-refractivity contribution in [3.63, 3.8) is 0 Å². The van der Waals surface area contributed by atoms with Crippen LogP contribution in [-0.2, 0) is 16.1 Å². The van der Waals surface area contributed by atoms with Crippen molar-refractivity contribution >= 4 is 28.9 Å². The molecule has 6 heteroatoms. The third kappa shape index (κ3) is 5.12. The molecular weight excluding hydrogens is 376 g/mol. The van der Waals surface area contributed by atoms with Crippen molar-refractivity contribution < 1.29 is 9.59 Å². The van der Waals surface area contributed by atoms with Gasteiger partial charge in [0.05, 0.1) is 5.92 Å². The lowest BCUT2D eigenvalue weighted by molar-refractivity contribution is -0.126. The van der Waals surface area contributed by atoms with E-state index in [1.165, 1.54) is 18.5 Å². The summed E-state index contributed by atoms with van der Waals surface area (Å²) in [5.41, 5.74) is 4.39. The normalized spacial score (nSPS) is 19.4. The van der Waals surface area contributed by atoms with Gasteiger partial charge < -0.3 is 20.9 Å². The SMILES string of the molecule is CC1CCN(c2ccc(Nc3ccc(CNC(=O)C4CNC(=O)C4)cc3)cc2)CC1. The van der Waals surface area contributed by atoms with E-state index in [-0.39, 0.29) is 24.2 Å². The van der Waals surface area contributed by atoms with Crippen LogP contribution in [0.1, 0.15) is 31.7 Å². The maximum absolute atomic E-state index is 12.1. The molecule has 2 amide bonds. The summed E-state index contributed by atoms with van der Waals surface area (Å²) in [6, 6.07) is 16.7. The van der Waals surface area contributed by atoms with Crippen LogP contribution >= 0.6 is 0 Å². The van der Waals surface area contributed by atoms with E-state index >= 15 is 0 Å². The second kappa shape index (κ2) is 9.20. The van der Waals surface area contributed by atoms with Crippen LogP contribution in [0.5, 0.6) is 0 Å². The number of anilines is 3. The zero-order valence-electron chi connectivity index (χ0n) is 17.5. The summed E-state index contributed by atoms with van der Waals surface area (Å²) < 4.78 is 0. The molecule has 3 N–H and O–H groups in total. The molecule has 0 spiro atoms. The van der Waals surface area contributed by atoms with Crippen molar-refractivity contribution in [1.82, 2.24) is 10.6 Å². The lowest BCUT2D eigenvalue weighted by Gasteiger charge is -2.32. The van der Waals surface area contributed by atoms with Crippen LogP contribution < -0.4 is 20.9 Å². The van der Waals surface area contributed by atoms with Crippen molar-refractivity contribution in [2.24, 2.45) is 11.8 Å². The smallest absolute Gasteiger partial charge is 0.225 e. The fourth-order valence-electron chi connectivity index (χ4n) is 4.02. The molecule has 2 fully saturated rings. The molecule has 0 bridgehead atoms. The Labute approximate surface area is 178 Å². The fraction of sp³-hybridized carbons (Fsp3) is 0.417. The number of hydrogen-bond donors (Lipinski definition) is 3. The summed E-state index contributed by atoms with van der Waals surface area (Å²) >= 11 is 0. The lowest BCUT2D eigenvalue weighted by Crippen LogP contribution is -2.32. The van der Waals surface area contributed by atoms with Crippen LogP contribution in [0.3, 0.4) is 0 Å². The molecule has 30 heavy (non-hydrogen) atoms. The average molecular weight is 407 g/mol. The Bertz CT molecular complexity index is 871. The molecule has 2 aromatic carbocycles. The second-order valence-corrected chi connectivity index (χ2v) is 8.46. The Morgan fingerprint density at radius 2 is 1.67 bits per heavy atom. The van der Waals surface area contributed by atoms with Crippen molar-refractivity contribution in [1.29, 1.82) is 0 Å². The number of carbonyl (C=O) groups excluding carboxylic acids is 2. The summed E-state index contributed by atoms with van der Waals surface area (Å²) in [7, 11) is 0. The molecule has 4 rings (SSSR count).